The third-order valence-electron chi connectivity index (χ3n) is 5.90. The van der Waals surface area contributed by atoms with E-state index in [2.05, 4.69) is 10.6 Å². The lowest BCUT2D eigenvalue weighted by Crippen LogP contribution is -2.46. The van der Waals surface area contributed by atoms with Crippen LogP contribution in [0.2, 0.25) is 0 Å². The summed E-state index contributed by atoms with van der Waals surface area (Å²) in [6.07, 6.45) is 2.61. The molecule has 34 heavy (non-hydrogen) atoms. The van der Waals surface area contributed by atoms with Crippen LogP contribution in [0.25, 0.3) is 0 Å². The Kier molecular flexibility index (Phi) is 8.62. The van der Waals surface area contributed by atoms with Gasteiger partial charge in [-0.05, 0) is 56.0 Å². The minimum absolute atomic E-state index is 0.0838. The van der Waals surface area contributed by atoms with Crippen molar-refractivity contribution in [2.45, 2.75) is 50.1 Å². The molecule has 10 heteroatoms. The van der Waals surface area contributed by atoms with E-state index in [-0.39, 0.29) is 24.0 Å². The molecule has 1 atom stereocenters. The highest BCUT2D eigenvalue weighted by Crippen LogP contribution is 2.28. The number of benzene rings is 2. The second-order valence-corrected chi connectivity index (χ2v) is 10.1. The zero-order chi connectivity index (χ0) is 24.7. The van der Waals surface area contributed by atoms with Crippen LogP contribution < -0.4 is 15.4 Å². The topological polar surface area (TPSA) is 105 Å². The van der Waals surface area contributed by atoms with Gasteiger partial charge in [0.1, 0.15) is 11.6 Å². The molecule has 1 saturated heterocycles. The predicted octanol–water partition coefficient (Wildman–Crippen LogP) is 2.51. The Bertz CT molecular complexity index is 1140. The van der Waals surface area contributed by atoms with E-state index in [4.69, 9.17) is 4.74 Å². The first-order valence-corrected chi connectivity index (χ1v) is 12.6. The van der Waals surface area contributed by atoms with Crippen molar-refractivity contribution < 1.29 is 27.1 Å². The van der Waals surface area contributed by atoms with Crippen molar-refractivity contribution in [1.82, 2.24) is 14.9 Å². The lowest BCUT2D eigenvalue weighted by Gasteiger charge is -2.35. The van der Waals surface area contributed by atoms with Crippen molar-refractivity contribution in [1.29, 1.82) is 0 Å². The number of ether oxygens (including phenoxy) is 1. The zero-order valence-electron chi connectivity index (χ0n) is 19.3. The molecule has 2 aromatic rings. The van der Waals surface area contributed by atoms with Gasteiger partial charge in [-0.2, -0.15) is 4.31 Å². The van der Waals surface area contributed by atoms with Crippen LogP contribution in [-0.4, -0.2) is 50.8 Å². The van der Waals surface area contributed by atoms with Crippen molar-refractivity contribution >= 4 is 21.8 Å². The predicted molar refractivity (Wildman–Crippen MR) is 125 cm³/mol. The number of nitrogens with zero attached hydrogens (tertiary/aromatic N) is 1. The number of hydrogen-bond acceptors (Lipinski definition) is 5. The second kappa shape index (κ2) is 11.4. The van der Waals surface area contributed by atoms with Gasteiger partial charge >= 0.3 is 11.8 Å². The molecule has 2 N–H and O–H groups in total. The molecule has 1 heterocycles. The molecule has 1 aliphatic rings. The minimum atomic E-state index is -3.81. The highest BCUT2D eigenvalue weighted by Gasteiger charge is 2.34. The fourth-order valence-corrected chi connectivity index (χ4v) is 6.08. The maximum absolute atomic E-state index is 13.5. The summed E-state index contributed by atoms with van der Waals surface area (Å²) in [4.78, 5) is 24.5. The number of aryl methyl sites for hydroxylation is 1. The smallest absolute Gasteiger partial charge is 0.309 e. The van der Waals surface area contributed by atoms with Crippen LogP contribution in [-0.2, 0) is 26.2 Å². The Morgan fingerprint density at radius 1 is 1.12 bits per heavy atom. The molecule has 2 aromatic carbocycles. The molecule has 0 aliphatic carbocycles. The molecule has 3 rings (SSSR count). The largest absolute Gasteiger partial charge is 0.496 e. The summed E-state index contributed by atoms with van der Waals surface area (Å²) in [6.45, 7) is 2.22. The van der Waals surface area contributed by atoms with Crippen LogP contribution in [0.5, 0.6) is 5.75 Å². The lowest BCUT2D eigenvalue weighted by atomic mass is 10.0. The summed E-state index contributed by atoms with van der Waals surface area (Å²) >= 11 is 0. The van der Waals surface area contributed by atoms with Crippen molar-refractivity contribution in [2.75, 3.05) is 20.2 Å². The SMILES string of the molecule is COc1ccccc1CNC(=O)C(=O)NCC[C@H]1CCCCN1S(=O)(=O)c1ccc(F)cc1C. The highest BCUT2D eigenvalue weighted by atomic mass is 32.2. The van der Waals surface area contributed by atoms with E-state index in [9.17, 15) is 22.4 Å². The number of methoxy groups -OCH3 is 1. The first kappa shape index (κ1) is 25.6. The fraction of sp³-hybridized carbons (Fsp3) is 0.417. The van der Waals surface area contributed by atoms with Crippen molar-refractivity contribution in [3.8, 4) is 5.75 Å². The van der Waals surface area contributed by atoms with Crippen LogP contribution in [0, 0.1) is 12.7 Å². The van der Waals surface area contributed by atoms with E-state index >= 15 is 0 Å². The van der Waals surface area contributed by atoms with Gasteiger partial charge in [0.15, 0.2) is 0 Å². The van der Waals surface area contributed by atoms with E-state index in [1.807, 2.05) is 12.1 Å². The van der Waals surface area contributed by atoms with E-state index in [1.165, 1.54) is 23.5 Å². The maximum Gasteiger partial charge on any atom is 0.309 e. The number of sulfonamides is 1. The van der Waals surface area contributed by atoms with Gasteiger partial charge in [-0.1, -0.05) is 24.6 Å². The van der Waals surface area contributed by atoms with Crippen molar-refractivity contribution in [3.63, 3.8) is 0 Å². The quantitative estimate of drug-likeness (QED) is 0.552. The third kappa shape index (κ3) is 6.12. The molecule has 0 saturated carbocycles. The van der Waals surface area contributed by atoms with Gasteiger partial charge in [-0.25, -0.2) is 12.8 Å². The van der Waals surface area contributed by atoms with Gasteiger partial charge in [0.2, 0.25) is 10.0 Å². The molecule has 0 aromatic heterocycles. The van der Waals surface area contributed by atoms with Gasteiger partial charge in [-0.3, -0.25) is 9.59 Å². The lowest BCUT2D eigenvalue weighted by molar-refractivity contribution is -0.139. The van der Waals surface area contributed by atoms with Gasteiger partial charge in [-0.15, -0.1) is 0 Å². The fourth-order valence-electron chi connectivity index (χ4n) is 4.14. The van der Waals surface area contributed by atoms with Gasteiger partial charge in [0, 0.05) is 31.2 Å². The van der Waals surface area contributed by atoms with Crippen LogP contribution in [0.4, 0.5) is 4.39 Å². The van der Waals surface area contributed by atoms with Gasteiger partial charge < -0.3 is 15.4 Å². The minimum Gasteiger partial charge on any atom is -0.496 e. The average molecular weight is 492 g/mol. The number of halogens is 1. The summed E-state index contributed by atoms with van der Waals surface area (Å²) in [5.74, 6) is -1.44. The summed E-state index contributed by atoms with van der Waals surface area (Å²) < 4.78 is 46.6. The zero-order valence-corrected chi connectivity index (χ0v) is 20.2. The Morgan fingerprint density at radius 2 is 1.85 bits per heavy atom. The Morgan fingerprint density at radius 3 is 2.59 bits per heavy atom. The molecular formula is C24H30FN3O5S. The summed E-state index contributed by atoms with van der Waals surface area (Å²) in [7, 11) is -2.28. The highest BCUT2D eigenvalue weighted by molar-refractivity contribution is 7.89. The monoisotopic (exact) mass is 491 g/mol. The summed E-state index contributed by atoms with van der Waals surface area (Å²) in [6, 6.07) is 10.5. The molecule has 184 valence electrons. The third-order valence-corrected chi connectivity index (χ3v) is 8.01. The van der Waals surface area contributed by atoms with Crippen LogP contribution in [0.15, 0.2) is 47.4 Å². The van der Waals surface area contributed by atoms with E-state index in [0.717, 1.165) is 24.5 Å². The van der Waals surface area contributed by atoms with Gasteiger partial charge in [0.25, 0.3) is 0 Å². The van der Waals surface area contributed by atoms with Gasteiger partial charge in [0.05, 0.1) is 12.0 Å². The number of hydrogen-bond donors (Lipinski definition) is 2. The molecule has 0 radical (unpaired) electrons. The summed E-state index contributed by atoms with van der Waals surface area (Å²) in [5.41, 5.74) is 1.09. The summed E-state index contributed by atoms with van der Waals surface area (Å²) in [5, 5.41) is 5.13. The average Bonchev–Trinajstić information content (AvgIpc) is 2.82. The van der Waals surface area contributed by atoms with E-state index < -0.39 is 27.7 Å². The normalized spacial score (nSPS) is 16.6. The Hall–Kier alpha value is -2.98. The van der Waals surface area contributed by atoms with Crippen molar-refractivity contribution in [3.05, 3.63) is 59.4 Å². The number of rotatable bonds is 8. The molecule has 0 bridgehead atoms. The Balaban J connectivity index is 1.56. The van der Waals surface area contributed by atoms with E-state index in [0.29, 0.717) is 30.7 Å². The standard InChI is InChI=1S/C24H30FN3O5S/c1-17-15-19(25)10-11-22(17)34(31,32)28-14-6-5-8-20(28)12-13-26-23(29)24(30)27-16-18-7-3-4-9-21(18)33-2/h3-4,7,9-11,15,20H,5-6,8,12-14,16H2,1-2H3,(H,26,29)(H,27,30)/t20-/m1/s1. The molecule has 0 unspecified atom stereocenters. The molecule has 0 spiro atoms. The van der Waals surface area contributed by atoms with Crippen LogP contribution >= 0.6 is 0 Å². The van der Waals surface area contributed by atoms with Crippen LogP contribution in [0.3, 0.4) is 0 Å². The van der Waals surface area contributed by atoms with E-state index in [1.54, 1.807) is 19.1 Å². The first-order chi connectivity index (χ1) is 16.2. The second-order valence-electron chi connectivity index (χ2n) is 8.21. The number of piperidine rings is 1. The number of carbonyl (C=O) groups excluding carboxylic acids is 2. The Labute approximate surface area is 199 Å². The van der Waals surface area contributed by atoms with Crippen LogP contribution in [0.1, 0.15) is 36.8 Å². The molecule has 8 nitrogen and oxygen atoms in total. The number of para-hydroxylation sites is 1. The first-order valence-electron chi connectivity index (χ1n) is 11.2. The molecular weight excluding hydrogens is 461 g/mol. The molecule has 1 fully saturated rings. The molecule has 1 aliphatic heterocycles. The molecule has 2 amide bonds. The number of carbonyl (C=O) groups is 2. The van der Waals surface area contributed by atoms with Crippen molar-refractivity contribution in [2.24, 2.45) is 0 Å². The number of nitrogens with one attached hydrogen (secondary N) is 2. The maximum atomic E-state index is 13.5. The number of amides is 2.